The van der Waals surface area contributed by atoms with Gasteiger partial charge in [0.15, 0.2) is 0 Å². The van der Waals surface area contributed by atoms with E-state index in [1.165, 1.54) is 0 Å². The molecule has 2 aromatic carbocycles. The highest BCUT2D eigenvalue weighted by Gasteiger charge is 2.12. The monoisotopic (exact) mass is 367 g/mol. The number of carboxylic acid groups (broad SMARTS) is 1. The summed E-state index contributed by atoms with van der Waals surface area (Å²) in [5.41, 5.74) is 2.80. The van der Waals surface area contributed by atoms with Crippen LogP contribution in [0.4, 0.5) is 5.69 Å². The first kappa shape index (κ1) is 18.4. The lowest BCUT2D eigenvalue weighted by molar-refractivity contribution is 0.0697. The van der Waals surface area contributed by atoms with E-state index in [1.807, 2.05) is 19.9 Å². The van der Waals surface area contributed by atoms with Crippen LogP contribution in [0.1, 0.15) is 34.8 Å². The molecule has 0 spiro atoms. The maximum absolute atomic E-state index is 11.0. The molecule has 2 aromatic rings. The first-order valence-corrected chi connectivity index (χ1v) is 8.36. The van der Waals surface area contributed by atoms with E-state index in [1.54, 1.807) is 24.3 Å². The molecule has 2 N–H and O–H groups in total. The van der Waals surface area contributed by atoms with E-state index in [-0.39, 0.29) is 5.56 Å². The van der Waals surface area contributed by atoms with Gasteiger partial charge in [0.2, 0.25) is 0 Å². The molecular weight excluding hydrogens is 349 g/mol. The van der Waals surface area contributed by atoms with Crippen LogP contribution in [0.3, 0.4) is 0 Å². The molecule has 24 heavy (non-hydrogen) atoms. The average molecular weight is 368 g/mol. The van der Waals surface area contributed by atoms with Crippen LogP contribution in [0, 0.1) is 6.92 Å². The predicted octanol–water partition coefficient (Wildman–Crippen LogP) is 5.40. The molecule has 0 aliphatic carbocycles. The fraction of sp³-hybridized carbons (Fsp3) is 0.278. The predicted molar refractivity (Wildman–Crippen MR) is 97.7 cm³/mol. The summed E-state index contributed by atoms with van der Waals surface area (Å²) >= 11 is 12.3. The third-order valence-electron chi connectivity index (χ3n) is 3.48. The highest BCUT2D eigenvalue weighted by atomic mass is 35.5. The number of halogens is 2. The molecule has 0 heterocycles. The Morgan fingerprint density at radius 1 is 1.25 bits per heavy atom. The maximum Gasteiger partial charge on any atom is 0.335 e. The second-order valence-corrected chi connectivity index (χ2v) is 6.26. The topological polar surface area (TPSA) is 58.6 Å². The van der Waals surface area contributed by atoms with Crippen molar-refractivity contribution in [1.82, 2.24) is 0 Å². The first-order valence-electron chi connectivity index (χ1n) is 7.61. The van der Waals surface area contributed by atoms with E-state index in [2.05, 4.69) is 5.32 Å². The summed E-state index contributed by atoms with van der Waals surface area (Å²) in [5.74, 6) is -0.322. The average Bonchev–Trinajstić information content (AvgIpc) is 2.52. The fourth-order valence-electron chi connectivity index (χ4n) is 2.30. The van der Waals surface area contributed by atoms with Crippen molar-refractivity contribution >= 4 is 34.9 Å². The van der Waals surface area contributed by atoms with Crippen LogP contribution in [0.5, 0.6) is 5.75 Å². The number of aryl methyl sites for hydroxylation is 1. The first-order chi connectivity index (χ1) is 11.4. The van der Waals surface area contributed by atoms with Crippen LogP contribution < -0.4 is 10.1 Å². The van der Waals surface area contributed by atoms with Crippen molar-refractivity contribution in [3.63, 3.8) is 0 Å². The molecule has 0 saturated carbocycles. The number of ether oxygens (including phenoxy) is 1. The Bertz CT molecular complexity index is 747. The van der Waals surface area contributed by atoms with E-state index < -0.39 is 5.97 Å². The van der Waals surface area contributed by atoms with Crippen molar-refractivity contribution in [3.8, 4) is 5.75 Å². The molecule has 0 amide bonds. The number of nitrogens with one attached hydrogen (secondary N) is 1. The maximum atomic E-state index is 11.0. The Labute approximate surface area is 151 Å². The minimum absolute atomic E-state index is 0.260. The van der Waals surface area contributed by atoms with Gasteiger partial charge in [-0.2, -0.15) is 0 Å². The Morgan fingerprint density at radius 3 is 2.62 bits per heavy atom. The van der Waals surface area contributed by atoms with Gasteiger partial charge in [-0.3, -0.25) is 0 Å². The third-order valence-corrected chi connectivity index (χ3v) is 3.98. The van der Waals surface area contributed by atoms with Crippen LogP contribution in [0.2, 0.25) is 10.0 Å². The second-order valence-electron chi connectivity index (χ2n) is 5.41. The van der Waals surface area contributed by atoms with Gasteiger partial charge in [-0.25, -0.2) is 4.79 Å². The van der Waals surface area contributed by atoms with Gasteiger partial charge in [0.1, 0.15) is 5.75 Å². The Morgan fingerprint density at radius 2 is 2.00 bits per heavy atom. The third kappa shape index (κ3) is 4.56. The summed E-state index contributed by atoms with van der Waals surface area (Å²) in [6.07, 6.45) is 0.877. The van der Waals surface area contributed by atoms with Gasteiger partial charge >= 0.3 is 5.97 Å². The number of hydrogen-bond donors (Lipinski definition) is 2. The van der Waals surface area contributed by atoms with Gasteiger partial charge in [0.05, 0.1) is 17.2 Å². The Balaban J connectivity index is 2.21. The molecule has 0 aromatic heterocycles. The lowest BCUT2D eigenvalue weighted by Crippen LogP contribution is -2.06. The van der Waals surface area contributed by atoms with Crippen molar-refractivity contribution in [2.75, 3.05) is 11.9 Å². The molecule has 2 rings (SSSR count). The van der Waals surface area contributed by atoms with Crippen LogP contribution in [0.25, 0.3) is 0 Å². The zero-order valence-corrected chi connectivity index (χ0v) is 15.0. The minimum atomic E-state index is -0.943. The number of carboxylic acids is 1. The number of anilines is 1. The number of hydrogen-bond acceptors (Lipinski definition) is 3. The SMILES string of the molecule is CCCOc1c(Cl)cc(Cl)cc1CNc1ccc(C(=O)O)cc1C. The molecular formula is C18H19Cl2NO3. The van der Waals surface area contributed by atoms with Crippen LogP contribution in [-0.2, 0) is 6.54 Å². The highest BCUT2D eigenvalue weighted by Crippen LogP contribution is 2.33. The number of carbonyl (C=O) groups is 1. The summed E-state index contributed by atoms with van der Waals surface area (Å²) in [7, 11) is 0. The number of benzene rings is 2. The zero-order valence-electron chi connectivity index (χ0n) is 13.5. The van der Waals surface area contributed by atoms with Gasteiger partial charge in [-0.05, 0) is 49.2 Å². The van der Waals surface area contributed by atoms with Crippen LogP contribution >= 0.6 is 23.2 Å². The summed E-state index contributed by atoms with van der Waals surface area (Å²) in [6.45, 7) is 4.91. The van der Waals surface area contributed by atoms with Gasteiger partial charge in [0, 0.05) is 22.8 Å². The summed E-state index contributed by atoms with van der Waals surface area (Å²) in [6, 6.07) is 8.41. The summed E-state index contributed by atoms with van der Waals surface area (Å²) in [5, 5.41) is 13.3. The molecule has 0 radical (unpaired) electrons. The smallest absolute Gasteiger partial charge is 0.335 e. The standard InChI is InChI=1S/C18H19Cl2NO3/c1-3-6-24-17-13(8-14(19)9-15(17)20)10-21-16-5-4-12(18(22)23)7-11(16)2/h4-5,7-9,21H,3,6,10H2,1-2H3,(H,22,23). The number of rotatable bonds is 7. The normalized spacial score (nSPS) is 10.5. The molecule has 0 bridgehead atoms. The Kier molecular flexibility index (Phi) is 6.35. The fourth-order valence-corrected chi connectivity index (χ4v) is 2.89. The van der Waals surface area contributed by atoms with E-state index >= 15 is 0 Å². The van der Waals surface area contributed by atoms with Crippen molar-refractivity contribution < 1.29 is 14.6 Å². The molecule has 0 unspecified atom stereocenters. The van der Waals surface area contributed by atoms with Crippen LogP contribution in [0.15, 0.2) is 30.3 Å². The van der Waals surface area contributed by atoms with Gasteiger partial charge < -0.3 is 15.2 Å². The van der Waals surface area contributed by atoms with Gasteiger partial charge in [-0.1, -0.05) is 30.1 Å². The molecule has 128 valence electrons. The van der Waals surface area contributed by atoms with E-state index in [0.29, 0.717) is 28.9 Å². The van der Waals surface area contributed by atoms with Crippen molar-refractivity contribution in [3.05, 3.63) is 57.1 Å². The summed E-state index contributed by atoms with van der Waals surface area (Å²) in [4.78, 5) is 11.0. The molecule has 0 saturated heterocycles. The van der Waals surface area contributed by atoms with Crippen molar-refractivity contribution in [1.29, 1.82) is 0 Å². The van der Waals surface area contributed by atoms with E-state index in [4.69, 9.17) is 33.0 Å². The minimum Gasteiger partial charge on any atom is -0.492 e. The lowest BCUT2D eigenvalue weighted by atomic mass is 10.1. The molecule has 0 atom stereocenters. The molecule has 4 nitrogen and oxygen atoms in total. The van der Waals surface area contributed by atoms with E-state index in [9.17, 15) is 4.79 Å². The number of aromatic carboxylic acids is 1. The van der Waals surface area contributed by atoms with E-state index in [0.717, 1.165) is 23.2 Å². The van der Waals surface area contributed by atoms with Gasteiger partial charge in [0.25, 0.3) is 0 Å². The highest BCUT2D eigenvalue weighted by molar-refractivity contribution is 6.35. The van der Waals surface area contributed by atoms with Crippen molar-refractivity contribution in [2.45, 2.75) is 26.8 Å². The molecule has 0 fully saturated rings. The van der Waals surface area contributed by atoms with Crippen LogP contribution in [-0.4, -0.2) is 17.7 Å². The second kappa shape index (κ2) is 8.27. The largest absolute Gasteiger partial charge is 0.492 e. The zero-order chi connectivity index (χ0) is 17.7. The molecule has 0 aliphatic heterocycles. The van der Waals surface area contributed by atoms with Gasteiger partial charge in [-0.15, -0.1) is 0 Å². The van der Waals surface area contributed by atoms with Crippen molar-refractivity contribution in [2.24, 2.45) is 0 Å². The summed E-state index contributed by atoms with van der Waals surface area (Å²) < 4.78 is 5.73. The quantitative estimate of drug-likeness (QED) is 0.687. The lowest BCUT2D eigenvalue weighted by Gasteiger charge is -2.16. The Hall–Kier alpha value is -1.91. The molecule has 6 heteroatoms. The molecule has 0 aliphatic rings.